The van der Waals surface area contributed by atoms with Crippen molar-refractivity contribution in [3.05, 3.63) is 64.7 Å². The summed E-state index contributed by atoms with van der Waals surface area (Å²) < 4.78 is 0. The Kier molecular flexibility index (Phi) is 4.02. The summed E-state index contributed by atoms with van der Waals surface area (Å²) in [5.41, 5.74) is 4.87. The second kappa shape index (κ2) is 6.12. The number of benzene rings is 2. The van der Waals surface area contributed by atoms with E-state index in [9.17, 15) is 4.79 Å². The van der Waals surface area contributed by atoms with E-state index >= 15 is 0 Å². The van der Waals surface area contributed by atoms with Gasteiger partial charge in [-0.15, -0.1) is 10.2 Å². The molecule has 5 heteroatoms. The maximum atomic E-state index is 12.4. The Hall–Kier alpha value is -2.82. The van der Waals surface area contributed by atoms with Crippen molar-refractivity contribution in [1.82, 2.24) is 20.2 Å². The summed E-state index contributed by atoms with van der Waals surface area (Å²) >= 11 is 0. The summed E-state index contributed by atoms with van der Waals surface area (Å²) in [5.74, 6) is 0.508. The second-order valence-electron chi connectivity index (χ2n) is 5.75. The molecule has 3 aromatic rings. The molecule has 0 aliphatic heterocycles. The van der Waals surface area contributed by atoms with E-state index in [2.05, 4.69) is 15.4 Å². The Morgan fingerprint density at radius 1 is 1.00 bits per heavy atom. The lowest BCUT2D eigenvalue weighted by atomic mass is 10.0. The minimum absolute atomic E-state index is 0.0182. The van der Waals surface area contributed by atoms with Crippen LogP contribution in [0, 0.1) is 20.8 Å². The number of hydrogen-bond donors (Lipinski definition) is 0. The number of aromatic nitrogens is 4. The van der Waals surface area contributed by atoms with Gasteiger partial charge in [-0.05, 0) is 31.5 Å². The normalized spacial score (nSPS) is 10.7. The summed E-state index contributed by atoms with van der Waals surface area (Å²) in [5, 5.41) is 12.3. The molecule has 0 spiro atoms. The first-order valence-corrected chi connectivity index (χ1v) is 7.48. The van der Waals surface area contributed by atoms with Crippen LogP contribution in [-0.4, -0.2) is 26.0 Å². The van der Waals surface area contributed by atoms with E-state index in [-0.39, 0.29) is 12.3 Å². The molecule has 0 unspecified atom stereocenters. The molecule has 5 nitrogen and oxygen atoms in total. The van der Waals surface area contributed by atoms with E-state index in [1.54, 1.807) is 0 Å². The SMILES string of the molecule is Cc1ccc(-c2nnn(CC(=O)c3ccc(C)cc3C)n2)cc1. The molecule has 0 fully saturated rings. The molecule has 0 N–H and O–H groups in total. The van der Waals surface area contributed by atoms with Crippen LogP contribution in [0.1, 0.15) is 27.0 Å². The molecule has 1 aromatic heterocycles. The number of carbonyl (C=O) groups excluding carboxylic acids is 1. The second-order valence-corrected chi connectivity index (χ2v) is 5.75. The van der Waals surface area contributed by atoms with Crippen LogP contribution < -0.4 is 0 Å². The van der Waals surface area contributed by atoms with Crippen molar-refractivity contribution in [2.45, 2.75) is 27.3 Å². The average Bonchev–Trinajstić information content (AvgIpc) is 2.96. The predicted octanol–water partition coefficient (Wildman–Crippen LogP) is 3.15. The topological polar surface area (TPSA) is 60.7 Å². The standard InChI is InChI=1S/C18H18N4O/c1-12-4-7-15(8-5-12)18-19-21-22(20-18)11-17(23)16-9-6-13(2)10-14(16)3/h4-10H,11H2,1-3H3. The summed E-state index contributed by atoms with van der Waals surface area (Å²) in [7, 11) is 0. The lowest BCUT2D eigenvalue weighted by Crippen LogP contribution is -2.14. The minimum atomic E-state index is -0.0182. The van der Waals surface area contributed by atoms with E-state index in [1.807, 2.05) is 63.2 Å². The van der Waals surface area contributed by atoms with Crippen LogP contribution >= 0.6 is 0 Å². The van der Waals surface area contributed by atoms with Gasteiger partial charge in [-0.1, -0.05) is 53.6 Å². The number of nitrogens with zero attached hydrogens (tertiary/aromatic N) is 4. The maximum absolute atomic E-state index is 12.4. The van der Waals surface area contributed by atoms with Crippen molar-refractivity contribution in [2.24, 2.45) is 0 Å². The van der Waals surface area contributed by atoms with Crippen LogP contribution in [0.15, 0.2) is 42.5 Å². The molecular formula is C18H18N4O. The van der Waals surface area contributed by atoms with Gasteiger partial charge in [-0.3, -0.25) is 4.79 Å². The van der Waals surface area contributed by atoms with Crippen LogP contribution in [0.3, 0.4) is 0 Å². The van der Waals surface area contributed by atoms with Gasteiger partial charge in [0.1, 0.15) is 6.54 Å². The average molecular weight is 306 g/mol. The van der Waals surface area contributed by atoms with Gasteiger partial charge < -0.3 is 0 Å². The molecule has 116 valence electrons. The van der Waals surface area contributed by atoms with E-state index in [1.165, 1.54) is 10.4 Å². The van der Waals surface area contributed by atoms with E-state index < -0.39 is 0 Å². The molecule has 0 atom stereocenters. The summed E-state index contributed by atoms with van der Waals surface area (Å²) in [6, 6.07) is 13.7. The summed E-state index contributed by atoms with van der Waals surface area (Å²) in [4.78, 5) is 13.8. The Labute approximate surface area is 135 Å². The van der Waals surface area contributed by atoms with Crippen LogP contribution in [0.4, 0.5) is 0 Å². The number of ketones is 1. The zero-order valence-corrected chi connectivity index (χ0v) is 13.4. The highest BCUT2D eigenvalue weighted by Gasteiger charge is 2.13. The third-order valence-corrected chi connectivity index (χ3v) is 3.73. The molecule has 2 aromatic carbocycles. The van der Waals surface area contributed by atoms with Crippen molar-refractivity contribution in [3.63, 3.8) is 0 Å². The van der Waals surface area contributed by atoms with E-state index in [4.69, 9.17) is 0 Å². The molecular weight excluding hydrogens is 288 g/mol. The van der Waals surface area contributed by atoms with Crippen molar-refractivity contribution < 1.29 is 4.79 Å². The monoisotopic (exact) mass is 306 g/mol. The molecule has 3 rings (SSSR count). The first kappa shape index (κ1) is 15.1. The van der Waals surface area contributed by atoms with Crippen molar-refractivity contribution in [2.75, 3.05) is 0 Å². The molecule has 0 amide bonds. The molecule has 1 heterocycles. The maximum Gasteiger partial charge on any atom is 0.204 e. The zero-order valence-electron chi connectivity index (χ0n) is 13.4. The Balaban J connectivity index is 1.78. The van der Waals surface area contributed by atoms with E-state index in [0.29, 0.717) is 11.4 Å². The first-order valence-electron chi connectivity index (χ1n) is 7.48. The fourth-order valence-corrected chi connectivity index (χ4v) is 2.47. The summed E-state index contributed by atoms with van der Waals surface area (Å²) in [6.07, 6.45) is 0. The number of carbonyl (C=O) groups is 1. The Morgan fingerprint density at radius 3 is 2.39 bits per heavy atom. The molecule has 0 aliphatic rings. The lowest BCUT2D eigenvalue weighted by molar-refractivity contribution is 0.0961. The number of hydrogen-bond acceptors (Lipinski definition) is 4. The predicted molar refractivity (Wildman–Crippen MR) is 88.2 cm³/mol. The Bertz CT molecular complexity index is 850. The van der Waals surface area contributed by atoms with Crippen molar-refractivity contribution >= 4 is 5.78 Å². The van der Waals surface area contributed by atoms with Gasteiger partial charge in [-0.2, -0.15) is 4.80 Å². The van der Waals surface area contributed by atoms with Gasteiger partial charge in [0.05, 0.1) is 0 Å². The van der Waals surface area contributed by atoms with Gasteiger partial charge in [-0.25, -0.2) is 0 Å². The van der Waals surface area contributed by atoms with E-state index in [0.717, 1.165) is 16.7 Å². The largest absolute Gasteiger partial charge is 0.292 e. The van der Waals surface area contributed by atoms with Gasteiger partial charge in [0, 0.05) is 11.1 Å². The van der Waals surface area contributed by atoms with Gasteiger partial charge in [0.15, 0.2) is 5.78 Å². The molecule has 0 bridgehead atoms. The van der Waals surface area contributed by atoms with Crippen LogP contribution in [0.5, 0.6) is 0 Å². The van der Waals surface area contributed by atoms with Crippen LogP contribution in [0.25, 0.3) is 11.4 Å². The smallest absolute Gasteiger partial charge is 0.204 e. The van der Waals surface area contributed by atoms with Gasteiger partial charge >= 0.3 is 0 Å². The highest BCUT2D eigenvalue weighted by molar-refractivity contribution is 5.97. The van der Waals surface area contributed by atoms with Crippen molar-refractivity contribution in [3.8, 4) is 11.4 Å². The number of tetrazole rings is 1. The van der Waals surface area contributed by atoms with Crippen molar-refractivity contribution in [1.29, 1.82) is 0 Å². The molecule has 0 aliphatic carbocycles. The highest BCUT2D eigenvalue weighted by Crippen LogP contribution is 2.15. The number of aryl methyl sites for hydroxylation is 3. The third-order valence-electron chi connectivity index (χ3n) is 3.73. The minimum Gasteiger partial charge on any atom is -0.292 e. The first-order chi connectivity index (χ1) is 11.0. The lowest BCUT2D eigenvalue weighted by Gasteiger charge is -2.05. The number of Topliss-reactive ketones (excluding diaryl/α,β-unsaturated/α-hetero) is 1. The van der Waals surface area contributed by atoms with Gasteiger partial charge in [0.2, 0.25) is 5.82 Å². The van der Waals surface area contributed by atoms with Crippen LogP contribution in [0.2, 0.25) is 0 Å². The van der Waals surface area contributed by atoms with Crippen LogP contribution in [-0.2, 0) is 6.54 Å². The molecule has 0 saturated carbocycles. The molecule has 0 saturated heterocycles. The molecule has 23 heavy (non-hydrogen) atoms. The quantitative estimate of drug-likeness (QED) is 0.695. The Morgan fingerprint density at radius 2 is 1.70 bits per heavy atom. The fourth-order valence-electron chi connectivity index (χ4n) is 2.47. The number of rotatable bonds is 4. The fraction of sp³-hybridized carbons (Fsp3) is 0.222. The zero-order chi connectivity index (χ0) is 16.4. The summed E-state index contributed by atoms with van der Waals surface area (Å²) in [6.45, 7) is 6.06. The van der Waals surface area contributed by atoms with Gasteiger partial charge in [0.25, 0.3) is 0 Å². The molecule has 0 radical (unpaired) electrons. The highest BCUT2D eigenvalue weighted by atomic mass is 16.1. The third kappa shape index (κ3) is 3.34.